The van der Waals surface area contributed by atoms with Crippen molar-refractivity contribution < 1.29 is 0 Å². The van der Waals surface area contributed by atoms with Crippen LogP contribution in [0.15, 0.2) is 54.6 Å². The maximum Gasteiger partial charge on any atom is 0.0432 e. The van der Waals surface area contributed by atoms with Gasteiger partial charge in [0.25, 0.3) is 0 Å². The molecule has 0 saturated carbocycles. The Morgan fingerprint density at radius 1 is 0.857 bits per heavy atom. The van der Waals surface area contributed by atoms with Crippen LogP contribution in [0.4, 0.5) is 0 Å². The first-order chi connectivity index (χ1) is 10.3. The van der Waals surface area contributed by atoms with Crippen molar-refractivity contribution in [1.82, 2.24) is 5.32 Å². The predicted octanol–water partition coefficient (Wildman–Crippen LogP) is 5.12. The van der Waals surface area contributed by atoms with Crippen molar-refractivity contribution in [2.24, 2.45) is 0 Å². The van der Waals surface area contributed by atoms with Crippen LogP contribution in [-0.4, -0.2) is 6.54 Å². The molecule has 0 amide bonds. The molecule has 0 aliphatic carbocycles. The Kier molecular flexibility index (Phi) is 4.40. The number of rotatable bonds is 3. The van der Waals surface area contributed by atoms with Crippen molar-refractivity contribution in [3.8, 4) is 11.1 Å². The van der Waals surface area contributed by atoms with Gasteiger partial charge < -0.3 is 5.32 Å². The summed E-state index contributed by atoms with van der Waals surface area (Å²) in [6.45, 7) is 3.46. The van der Waals surface area contributed by atoms with Crippen molar-refractivity contribution >= 4 is 0 Å². The topological polar surface area (TPSA) is 12.0 Å². The molecule has 3 rings (SSSR count). The Morgan fingerprint density at radius 2 is 1.57 bits per heavy atom. The lowest BCUT2D eigenvalue weighted by Crippen LogP contribution is -2.41. The minimum atomic E-state index is 0.186. The molecule has 1 heterocycles. The first kappa shape index (κ1) is 14.3. The van der Waals surface area contributed by atoms with Gasteiger partial charge in [0.1, 0.15) is 0 Å². The van der Waals surface area contributed by atoms with E-state index in [0.29, 0.717) is 0 Å². The zero-order chi connectivity index (χ0) is 14.5. The fraction of sp³-hybridized carbons (Fsp3) is 0.400. The summed E-state index contributed by atoms with van der Waals surface area (Å²) < 4.78 is 0. The first-order valence-corrected chi connectivity index (χ1v) is 8.25. The Hall–Kier alpha value is -1.60. The van der Waals surface area contributed by atoms with E-state index >= 15 is 0 Å². The lowest BCUT2D eigenvalue weighted by atomic mass is 9.82. The number of benzene rings is 2. The van der Waals surface area contributed by atoms with Crippen LogP contribution >= 0.6 is 0 Å². The van der Waals surface area contributed by atoms with Crippen LogP contribution in [0.1, 0.15) is 44.6 Å². The van der Waals surface area contributed by atoms with Gasteiger partial charge in [-0.15, -0.1) is 0 Å². The average molecular weight is 279 g/mol. The normalized spacial score (nSPS) is 22.7. The average Bonchev–Trinajstić information content (AvgIpc) is 2.82. The summed E-state index contributed by atoms with van der Waals surface area (Å²) >= 11 is 0. The maximum absolute atomic E-state index is 3.82. The van der Waals surface area contributed by atoms with E-state index in [9.17, 15) is 0 Å². The van der Waals surface area contributed by atoms with Gasteiger partial charge in [0.2, 0.25) is 0 Å². The molecule has 1 nitrogen and oxygen atoms in total. The molecule has 0 radical (unpaired) electrons. The van der Waals surface area contributed by atoms with Crippen LogP contribution in [0.3, 0.4) is 0 Å². The van der Waals surface area contributed by atoms with Gasteiger partial charge >= 0.3 is 0 Å². The minimum Gasteiger partial charge on any atom is -0.307 e. The van der Waals surface area contributed by atoms with Crippen molar-refractivity contribution in [3.63, 3.8) is 0 Å². The molecule has 21 heavy (non-hydrogen) atoms. The van der Waals surface area contributed by atoms with Crippen LogP contribution in [0.25, 0.3) is 11.1 Å². The predicted molar refractivity (Wildman–Crippen MR) is 90.3 cm³/mol. The van der Waals surface area contributed by atoms with Gasteiger partial charge in [-0.05, 0) is 42.5 Å². The summed E-state index contributed by atoms with van der Waals surface area (Å²) in [5.74, 6) is 0. The smallest absolute Gasteiger partial charge is 0.0432 e. The van der Waals surface area contributed by atoms with E-state index in [1.165, 1.54) is 42.4 Å². The lowest BCUT2D eigenvalue weighted by molar-refractivity contribution is 0.312. The molecule has 1 heteroatoms. The van der Waals surface area contributed by atoms with Crippen molar-refractivity contribution in [2.75, 3.05) is 6.54 Å². The third-order valence-corrected chi connectivity index (χ3v) is 4.89. The Morgan fingerprint density at radius 3 is 2.29 bits per heavy atom. The second-order valence-electron chi connectivity index (χ2n) is 6.12. The molecule has 1 N–H and O–H groups in total. The van der Waals surface area contributed by atoms with E-state index in [1.54, 1.807) is 0 Å². The van der Waals surface area contributed by atoms with Crippen LogP contribution in [-0.2, 0) is 5.54 Å². The molecule has 2 aromatic carbocycles. The van der Waals surface area contributed by atoms with Gasteiger partial charge in [-0.3, -0.25) is 0 Å². The van der Waals surface area contributed by atoms with Crippen molar-refractivity contribution in [3.05, 3.63) is 60.2 Å². The largest absolute Gasteiger partial charge is 0.307 e. The van der Waals surface area contributed by atoms with Gasteiger partial charge in [-0.2, -0.15) is 0 Å². The van der Waals surface area contributed by atoms with E-state index in [0.717, 1.165) is 13.0 Å². The molecule has 0 spiro atoms. The highest BCUT2D eigenvalue weighted by atomic mass is 15.0. The van der Waals surface area contributed by atoms with E-state index in [2.05, 4.69) is 66.8 Å². The van der Waals surface area contributed by atoms with Crippen LogP contribution in [0.2, 0.25) is 0 Å². The molecule has 1 atom stereocenters. The summed E-state index contributed by atoms with van der Waals surface area (Å²) in [5.41, 5.74) is 4.24. The highest BCUT2D eigenvalue weighted by molar-refractivity contribution is 5.63. The molecular formula is C20H25N. The molecule has 1 saturated heterocycles. The van der Waals surface area contributed by atoms with Crippen LogP contribution in [0.5, 0.6) is 0 Å². The Bertz CT molecular complexity index is 548. The third-order valence-electron chi connectivity index (χ3n) is 4.89. The van der Waals surface area contributed by atoms with Crippen LogP contribution < -0.4 is 5.32 Å². The molecule has 1 unspecified atom stereocenters. The summed E-state index contributed by atoms with van der Waals surface area (Å²) in [5, 5.41) is 3.82. The van der Waals surface area contributed by atoms with Gasteiger partial charge in [-0.25, -0.2) is 0 Å². The lowest BCUT2D eigenvalue weighted by Gasteiger charge is -2.33. The zero-order valence-corrected chi connectivity index (χ0v) is 12.9. The number of hydrogen-bond donors (Lipinski definition) is 1. The zero-order valence-electron chi connectivity index (χ0n) is 12.9. The summed E-state index contributed by atoms with van der Waals surface area (Å²) in [4.78, 5) is 0. The maximum atomic E-state index is 3.82. The summed E-state index contributed by atoms with van der Waals surface area (Å²) in [7, 11) is 0. The molecule has 1 aliphatic heterocycles. The second kappa shape index (κ2) is 6.44. The third kappa shape index (κ3) is 3.03. The fourth-order valence-electron chi connectivity index (χ4n) is 3.51. The number of hydrogen-bond acceptors (Lipinski definition) is 1. The van der Waals surface area contributed by atoms with E-state index in [4.69, 9.17) is 0 Å². The summed E-state index contributed by atoms with van der Waals surface area (Å²) in [6.07, 6.45) is 6.42. The quantitative estimate of drug-likeness (QED) is 0.822. The van der Waals surface area contributed by atoms with Gasteiger partial charge in [-0.1, -0.05) is 74.4 Å². The molecule has 0 bridgehead atoms. The molecule has 110 valence electrons. The van der Waals surface area contributed by atoms with E-state index in [1.807, 2.05) is 0 Å². The first-order valence-electron chi connectivity index (χ1n) is 8.25. The fourth-order valence-corrected chi connectivity index (χ4v) is 3.51. The van der Waals surface area contributed by atoms with Gasteiger partial charge in [0, 0.05) is 5.54 Å². The molecular weight excluding hydrogens is 254 g/mol. The summed E-state index contributed by atoms with van der Waals surface area (Å²) in [6, 6.07) is 19.8. The van der Waals surface area contributed by atoms with Crippen molar-refractivity contribution in [2.45, 2.75) is 44.6 Å². The highest BCUT2D eigenvalue weighted by Crippen LogP contribution is 2.34. The molecule has 1 aliphatic rings. The highest BCUT2D eigenvalue weighted by Gasteiger charge is 2.30. The molecule has 0 aromatic heterocycles. The molecule has 1 fully saturated rings. The standard InChI is InChI=1S/C20H25N/c1-2-20(15-7-4-8-16-21-20)19-13-11-18(12-14-19)17-9-5-3-6-10-17/h3,5-6,9-14,21H,2,4,7-8,15-16H2,1H3. The minimum absolute atomic E-state index is 0.186. The van der Waals surface area contributed by atoms with Gasteiger partial charge in [0.15, 0.2) is 0 Å². The Balaban J connectivity index is 1.88. The van der Waals surface area contributed by atoms with Crippen molar-refractivity contribution in [1.29, 1.82) is 0 Å². The number of nitrogens with one attached hydrogen (secondary N) is 1. The second-order valence-corrected chi connectivity index (χ2v) is 6.12. The molecule has 2 aromatic rings. The SMILES string of the molecule is CCC1(c2ccc(-c3ccccc3)cc2)CCCCCN1. The van der Waals surface area contributed by atoms with Gasteiger partial charge in [0.05, 0.1) is 0 Å². The Labute approximate surface area is 128 Å². The van der Waals surface area contributed by atoms with E-state index in [-0.39, 0.29) is 5.54 Å². The van der Waals surface area contributed by atoms with Crippen LogP contribution in [0, 0.1) is 0 Å². The monoisotopic (exact) mass is 279 g/mol. The van der Waals surface area contributed by atoms with E-state index < -0.39 is 0 Å².